The third kappa shape index (κ3) is 6.41. The number of amides is 1. The highest BCUT2D eigenvalue weighted by Crippen LogP contribution is 2.24. The van der Waals surface area contributed by atoms with Crippen molar-refractivity contribution in [2.75, 3.05) is 6.54 Å². The summed E-state index contributed by atoms with van der Waals surface area (Å²) >= 11 is 1.41. The van der Waals surface area contributed by atoms with Crippen molar-refractivity contribution in [2.45, 2.75) is 57.7 Å². The van der Waals surface area contributed by atoms with Crippen LogP contribution >= 0.6 is 11.8 Å². The lowest BCUT2D eigenvalue weighted by Crippen LogP contribution is -2.31. The van der Waals surface area contributed by atoms with Gasteiger partial charge in [-0.1, -0.05) is 50.7 Å². The molecule has 0 aliphatic heterocycles. The van der Waals surface area contributed by atoms with E-state index in [0.717, 1.165) is 29.7 Å². The minimum absolute atomic E-state index is 0.0437. The molecule has 152 valence electrons. The second-order valence-corrected chi connectivity index (χ2v) is 8.29. The Morgan fingerprint density at radius 3 is 2.61 bits per heavy atom. The van der Waals surface area contributed by atoms with Crippen molar-refractivity contribution in [1.82, 2.24) is 20.1 Å². The van der Waals surface area contributed by atoms with Crippen LogP contribution in [0, 0.1) is 5.92 Å². The first-order chi connectivity index (χ1) is 13.4. The predicted molar refractivity (Wildman–Crippen MR) is 114 cm³/mol. The molecule has 0 fully saturated rings. The second kappa shape index (κ2) is 10.9. The van der Waals surface area contributed by atoms with Crippen molar-refractivity contribution < 1.29 is 9.53 Å². The topological polar surface area (TPSA) is 69.0 Å². The molecule has 1 aromatic heterocycles. The Balaban J connectivity index is 2.09. The second-order valence-electron chi connectivity index (χ2n) is 6.98. The van der Waals surface area contributed by atoms with Crippen LogP contribution in [0.2, 0.25) is 0 Å². The first-order valence-electron chi connectivity index (χ1n) is 9.63. The molecule has 1 amide bonds. The van der Waals surface area contributed by atoms with Gasteiger partial charge in [-0.25, -0.2) is 0 Å². The average molecular weight is 403 g/mol. The molecule has 28 heavy (non-hydrogen) atoms. The Labute approximate surface area is 171 Å². The number of benzene rings is 1. The first kappa shape index (κ1) is 22.0. The van der Waals surface area contributed by atoms with Crippen molar-refractivity contribution in [2.24, 2.45) is 5.92 Å². The van der Waals surface area contributed by atoms with Gasteiger partial charge >= 0.3 is 0 Å². The van der Waals surface area contributed by atoms with E-state index in [1.54, 1.807) is 6.08 Å². The molecular formula is C21H30N4O2S. The fourth-order valence-electron chi connectivity index (χ4n) is 2.56. The monoisotopic (exact) mass is 402 g/mol. The van der Waals surface area contributed by atoms with Crippen LogP contribution in [0.15, 0.2) is 42.1 Å². The van der Waals surface area contributed by atoms with Gasteiger partial charge in [0.1, 0.15) is 12.4 Å². The van der Waals surface area contributed by atoms with E-state index >= 15 is 0 Å². The fraction of sp³-hybridized carbons (Fsp3) is 0.476. The Bertz CT molecular complexity index is 771. The summed E-state index contributed by atoms with van der Waals surface area (Å²) in [6.07, 6.45) is 2.67. The predicted octanol–water partition coefficient (Wildman–Crippen LogP) is 3.86. The Kier molecular flexibility index (Phi) is 8.57. The van der Waals surface area contributed by atoms with Crippen molar-refractivity contribution in [1.29, 1.82) is 0 Å². The Morgan fingerprint density at radius 2 is 2.00 bits per heavy atom. The van der Waals surface area contributed by atoms with Gasteiger partial charge in [-0.2, -0.15) is 0 Å². The molecule has 0 spiro atoms. The summed E-state index contributed by atoms with van der Waals surface area (Å²) in [6.45, 7) is 13.5. The average Bonchev–Trinajstić information content (AvgIpc) is 3.05. The number of thioether (sulfide) groups is 1. The lowest BCUT2D eigenvalue weighted by atomic mass is 10.2. The molecule has 0 saturated carbocycles. The van der Waals surface area contributed by atoms with Crippen LogP contribution in [0.5, 0.6) is 5.75 Å². The normalized spacial score (nSPS) is 12.0. The van der Waals surface area contributed by atoms with E-state index < -0.39 is 0 Å². The Hall–Kier alpha value is -2.28. The number of rotatable bonds is 11. The van der Waals surface area contributed by atoms with Crippen molar-refractivity contribution in [3.05, 3.63) is 48.3 Å². The molecule has 7 heteroatoms. The number of nitrogens with one attached hydrogen (secondary N) is 1. The number of hydrogen-bond donors (Lipinski definition) is 1. The molecule has 0 radical (unpaired) electrons. The molecule has 0 bridgehead atoms. The van der Waals surface area contributed by atoms with Crippen LogP contribution in [-0.4, -0.2) is 32.5 Å². The number of ether oxygens (including phenoxy) is 1. The Morgan fingerprint density at radius 1 is 1.29 bits per heavy atom. The largest absolute Gasteiger partial charge is 0.486 e. The molecule has 0 aliphatic carbocycles. The zero-order chi connectivity index (χ0) is 20.5. The quantitative estimate of drug-likeness (QED) is 0.457. The highest BCUT2D eigenvalue weighted by molar-refractivity contribution is 8.00. The minimum Gasteiger partial charge on any atom is -0.486 e. The number of hydrogen-bond acceptors (Lipinski definition) is 5. The number of aryl methyl sites for hydroxylation is 1. The third-order valence-electron chi connectivity index (χ3n) is 4.11. The molecule has 1 N–H and O–H groups in total. The van der Waals surface area contributed by atoms with Gasteiger partial charge < -0.3 is 14.6 Å². The van der Waals surface area contributed by atoms with Gasteiger partial charge in [0.25, 0.3) is 0 Å². The van der Waals surface area contributed by atoms with Gasteiger partial charge in [0, 0.05) is 13.1 Å². The SMILES string of the molecule is C=CCNC(=O)C(C)Sc1nnc(COc2ccc(CC)cc2)n1CC(C)C. The zero-order valence-corrected chi connectivity index (χ0v) is 18.0. The molecule has 1 unspecified atom stereocenters. The summed E-state index contributed by atoms with van der Waals surface area (Å²) in [5, 5.41) is 11.9. The van der Waals surface area contributed by atoms with Crippen molar-refractivity contribution >= 4 is 17.7 Å². The summed E-state index contributed by atoms with van der Waals surface area (Å²) in [6, 6.07) is 8.09. The maximum atomic E-state index is 12.1. The molecule has 1 heterocycles. The third-order valence-corrected chi connectivity index (χ3v) is 5.19. The summed E-state index contributed by atoms with van der Waals surface area (Å²) < 4.78 is 7.96. The van der Waals surface area contributed by atoms with E-state index in [4.69, 9.17) is 4.74 Å². The molecular weight excluding hydrogens is 372 g/mol. The van der Waals surface area contributed by atoms with Crippen molar-refractivity contribution in [3.8, 4) is 5.75 Å². The van der Waals surface area contributed by atoms with Gasteiger partial charge in [-0.05, 0) is 37.0 Å². The van der Waals surface area contributed by atoms with E-state index in [2.05, 4.69) is 55.0 Å². The molecule has 2 aromatic rings. The molecule has 1 atom stereocenters. The fourth-order valence-corrected chi connectivity index (χ4v) is 3.46. The first-order valence-corrected chi connectivity index (χ1v) is 10.5. The minimum atomic E-state index is -0.273. The molecule has 6 nitrogen and oxygen atoms in total. The van der Waals surface area contributed by atoms with E-state index in [0.29, 0.717) is 19.1 Å². The van der Waals surface area contributed by atoms with Gasteiger partial charge in [0.15, 0.2) is 11.0 Å². The van der Waals surface area contributed by atoms with Crippen LogP contribution in [0.4, 0.5) is 0 Å². The lowest BCUT2D eigenvalue weighted by molar-refractivity contribution is -0.120. The summed E-state index contributed by atoms with van der Waals surface area (Å²) in [5.74, 6) is 1.94. The maximum Gasteiger partial charge on any atom is 0.233 e. The lowest BCUT2D eigenvalue weighted by Gasteiger charge is -2.15. The van der Waals surface area contributed by atoms with E-state index in [1.165, 1.54) is 17.3 Å². The number of carbonyl (C=O) groups is 1. The maximum absolute atomic E-state index is 12.1. The van der Waals surface area contributed by atoms with Gasteiger partial charge in [0.05, 0.1) is 5.25 Å². The number of nitrogens with zero attached hydrogens (tertiary/aromatic N) is 3. The van der Waals surface area contributed by atoms with E-state index in [1.807, 2.05) is 23.6 Å². The number of aromatic nitrogens is 3. The highest BCUT2D eigenvalue weighted by atomic mass is 32.2. The van der Waals surface area contributed by atoms with E-state index in [-0.39, 0.29) is 11.2 Å². The van der Waals surface area contributed by atoms with Crippen LogP contribution < -0.4 is 10.1 Å². The van der Waals surface area contributed by atoms with Crippen LogP contribution in [0.25, 0.3) is 0 Å². The zero-order valence-electron chi connectivity index (χ0n) is 17.1. The van der Waals surface area contributed by atoms with E-state index in [9.17, 15) is 4.79 Å². The molecule has 0 saturated heterocycles. The van der Waals surface area contributed by atoms with Crippen LogP contribution in [-0.2, 0) is 24.4 Å². The molecule has 1 aromatic carbocycles. The van der Waals surface area contributed by atoms with Crippen LogP contribution in [0.1, 0.15) is 39.1 Å². The molecule has 0 aliphatic rings. The standard InChI is InChI=1S/C21H30N4O2S/c1-6-12-22-20(26)16(5)28-21-24-23-19(25(21)13-15(3)4)14-27-18-10-8-17(7-2)9-11-18/h6,8-11,15-16H,1,7,12-14H2,2-5H3,(H,22,26). The van der Waals surface area contributed by atoms with Gasteiger partial charge in [-0.3, -0.25) is 4.79 Å². The smallest absolute Gasteiger partial charge is 0.233 e. The van der Waals surface area contributed by atoms with Crippen LogP contribution in [0.3, 0.4) is 0 Å². The van der Waals surface area contributed by atoms with Gasteiger partial charge in [0.2, 0.25) is 5.91 Å². The number of carbonyl (C=O) groups excluding carboxylic acids is 1. The molecule has 2 rings (SSSR count). The summed E-state index contributed by atoms with van der Waals surface area (Å²) in [7, 11) is 0. The summed E-state index contributed by atoms with van der Waals surface area (Å²) in [4.78, 5) is 12.1. The summed E-state index contributed by atoms with van der Waals surface area (Å²) in [5.41, 5.74) is 1.28. The van der Waals surface area contributed by atoms with Crippen molar-refractivity contribution in [3.63, 3.8) is 0 Å². The highest BCUT2D eigenvalue weighted by Gasteiger charge is 2.20. The van der Waals surface area contributed by atoms with Gasteiger partial charge in [-0.15, -0.1) is 16.8 Å².